The quantitative estimate of drug-likeness (QED) is 0.815. The van der Waals surface area contributed by atoms with Gasteiger partial charge in [-0.2, -0.15) is 0 Å². The Labute approximate surface area is 148 Å². The van der Waals surface area contributed by atoms with Gasteiger partial charge in [0.1, 0.15) is 0 Å². The smallest absolute Gasteiger partial charge is 0.223 e. The van der Waals surface area contributed by atoms with Crippen molar-refractivity contribution in [3.63, 3.8) is 0 Å². The van der Waals surface area contributed by atoms with Crippen LogP contribution in [0.15, 0.2) is 0 Å². The summed E-state index contributed by atoms with van der Waals surface area (Å²) in [6.07, 6.45) is 4.19. The van der Waals surface area contributed by atoms with Gasteiger partial charge in [-0.25, -0.2) is 0 Å². The molecule has 2 N–H and O–H groups in total. The molecule has 0 aromatic carbocycles. The van der Waals surface area contributed by atoms with Gasteiger partial charge in [-0.15, -0.1) is 24.8 Å². The molecule has 2 atom stereocenters. The van der Waals surface area contributed by atoms with Gasteiger partial charge in [-0.1, -0.05) is 13.8 Å². The predicted octanol–water partition coefficient (Wildman–Crippen LogP) is 2.45. The van der Waals surface area contributed by atoms with E-state index in [0.29, 0.717) is 18.0 Å². The van der Waals surface area contributed by atoms with Gasteiger partial charge in [0.15, 0.2) is 0 Å². The molecule has 2 saturated heterocycles. The highest BCUT2D eigenvalue weighted by molar-refractivity contribution is 5.85. The van der Waals surface area contributed by atoms with E-state index in [1.165, 1.54) is 6.54 Å². The number of rotatable bonds is 4. The minimum atomic E-state index is 0. The Bertz CT molecular complexity index is 321. The highest BCUT2D eigenvalue weighted by Crippen LogP contribution is 2.18. The average Bonchev–Trinajstić information content (AvgIpc) is 2.40. The highest BCUT2D eigenvalue weighted by Gasteiger charge is 2.27. The van der Waals surface area contributed by atoms with Crippen LogP contribution in [0.2, 0.25) is 0 Å². The molecule has 0 saturated carbocycles. The molecular formula is C16H33Cl2N3O. The lowest BCUT2D eigenvalue weighted by molar-refractivity contribution is -0.127. The molecule has 0 radical (unpaired) electrons. The molecule has 22 heavy (non-hydrogen) atoms. The van der Waals surface area contributed by atoms with Crippen LogP contribution in [0.4, 0.5) is 0 Å². The summed E-state index contributed by atoms with van der Waals surface area (Å²) in [5.74, 6) is 1.25. The van der Waals surface area contributed by atoms with Gasteiger partial charge in [0.2, 0.25) is 5.91 Å². The van der Waals surface area contributed by atoms with Crippen molar-refractivity contribution in [2.75, 3.05) is 26.2 Å². The van der Waals surface area contributed by atoms with Crippen molar-refractivity contribution in [2.45, 2.75) is 58.5 Å². The molecule has 2 heterocycles. The molecule has 6 heteroatoms. The summed E-state index contributed by atoms with van der Waals surface area (Å²) < 4.78 is 0. The lowest BCUT2D eigenvalue weighted by Gasteiger charge is -2.34. The number of halogens is 2. The summed E-state index contributed by atoms with van der Waals surface area (Å²) in [6.45, 7) is 11.1. The summed E-state index contributed by atoms with van der Waals surface area (Å²) in [4.78, 5) is 14.8. The fraction of sp³-hybridized carbons (Fsp3) is 0.938. The summed E-state index contributed by atoms with van der Waals surface area (Å²) in [5.41, 5.74) is 0. The van der Waals surface area contributed by atoms with Crippen molar-refractivity contribution in [1.29, 1.82) is 0 Å². The predicted molar refractivity (Wildman–Crippen MR) is 97.1 cm³/mol. The summed E-state index contributed by atoms with van der Waals surface area (Å²) in [6, 6.07) is 0.878. The second kappa shape index (κ2) is 10.7. The molecule has 2 rings (SSSR count). The van der Waals surface area contributed by atoms with E-state index >= 15 is 0 Å². The first-order chi connectivity index (χ1) is 9.54. The molecule has 0 unspecified atom stereocenters. The number of nitrogens with one attached hydrogen (secondary N) is 2. The fourth-order valence-electron chi connectivity index (χ4n) is 3.47. The Kier molecular flexibility index (Phi) is 10.7. The maximum atomic E-state index is 12.3. The number of piperidine rings is 2. The third-order valence-electron chi connectivity index (χ3n) is 4.55. The van der Waals surface area contributed by atoms with Gasteiger partial charge >= 0.3 is 0 Å². The highest BCUT2D eigenvalue weighted by atomic mass is 35.5. The molecule has 0 bridgehead atoms. The largest absolute Gasteiger partial charge is 0.353 e. The van der Waals surface area contributed by atoms with Crippen LogP contribution in [0.3, 0.4) is 0 Å². The zero-order valence-corrected chi connectivity index (χ0v) is 15.8. The second-order valence-electron chi connectivity index (χ2n) is 7.05. The molecule has 1 amide bonds. The van der Waals surface area contributed by atoms with E-state index in [1.807, 2.05) is 0 Å². The number of likely N-dealkylation sites (tertiary alicyclic amines) is 1. The van der Waals surface area contributed by atoms with Crippen molar-refractivity contribution in [2.24, 2.45) is 11.8 Å². The lowest BCUT2D eigenvalue weighted by Crippen LogP contribution is -2.49. The third kappa shape index (κ3) is 7.03. The van der Waals surface area contributed by atoms with Crippen LogP contribution < -0.4 is 10.6 Å². The van der Waals surface area contributed by atoms with E-state index in [1.54, 1.807) is 0 Å². The first-order valence-electron chi connectivity index (χ1n) is 8.30. The van der Waals surface area contributed by atoms with Crippen molar-refractivity contribution in [3.05, 3.63) is 0 Å². The van der Waals surface area contributed by atoms with Crippen LogP contribution in [0, 0.1) is 11.8 Å². The van der Waals surface area contributed by atoms with E-state index in [-0.39, 0.29) is 30.7 Å². The summed E-state index contributed by atoms with van der Waals surface area (Å²) in [5, 5.41) is 6.70. The van der Waals surface area contributed by atoms with Crippen molar-refractivity contribution < 1.29 is 4.79 Å². The number of hydrogen-bond acceptors (Lipinski definition) is 3. The van der Waals surface area contributed by atoms with Crippen molar-refractivity contribution in [1.82, 2.24) is 15.5 Å². The van der Waals surface area contributed by atoms with Crippen molar-refractivity contribution in [3.8, 4) is 0 Å². The van der Waals surface area contributed by atoms with Crippen LogP contribution in [-0.2, 0) is 4.79 Å². The van der Waals surface area contributed by atoms with E-state index < -0.39 is 0 Å². The SMILES string of the molecule is CC(C)CN1CCC(NC(=O)[C@H]2CCN[C@@H](C)C2)CC1.Cl.Cl. The van der Waals surface area contributed by atoms with Gasteiger partial charge in [-0.3, -0.25) is 4.79 Å². The molecule has 2 aliphatic heterocycles. The van der Waals surface area contributed by atoms with Gasteiger partial charge in [-0.05, 0) is 45.1 Å². The molecule has 0 spiro atoms. The molecule has 2 aliphatic rings. The van der Waals surface area contributed by atoms with Gasteiger partial charge in [0.25, 0.3) is 0 Å². The number of nitrogens with zero attached hydrogens (tertiary/aromatic N) is 1. The van der Waals surface area contributed by atoms with Crippen LogP contribution in [-0.4, -0.2) is 49.1 Å². The Hall–Kier alpha value is -0.0300. The maximum Gasteiger partial charge on any atom is 0.223 e. The minimum absolute atomic E-state index is 0. The topological polar surface area (TPSA) is 44.4 Å². The Morgan fingerprint density at radius 1 is 1.23 bits per heavy atom. The summed E-state index contributed by atoms with van der Waals surface area (Å²) in [7, 11) is 0. The zero-order valence-electron chi connectivity index (χ0n) is 14.1. The zero-order chi connectivity index (χ0) is 14.5. The van der Waals surface area contributed by atoms with Crippen LogP contribution in [0.1, 0.15) is 46.5 Å². The second-order valence-corrected chi connectivity index (χ2v) is 7.05. The van der Waals surface area contributed by atoms with Crippen molar-refractivity contribution >= 4 is 30.7 Å². The maximum absolute atomic E-state index is 12.3. The molecule has 0 aromatic rings. The Morgan fingerprint density at radius 2 is 1.86 bits per heavy atom. The number of amides is 1. The first kappa shape index (κ1) is 22.0. The molecule has 132 valence electrons. The molecule has 0 aliphatic carbocycles. The van der Waals surface area contributed by atoms with Crippen LogP contribution >= 0.6 is 24.8 Å². The average molecular weight is 354 g/mol. The Morgan fingerprint density at radius 3 is 2.41 bits per heavy atom. The van der Waals surface area contributed by atoms with Gasteiger partial charge in [0.05, 0.1) is 0 Å². The van der Waals surface area contributed by atoms with E-state index in [9.17, 15) is 4.79 Å². The number of hydrogen-bond donors (Lipinski definition) is 2. The number of carbonyl (C=O) groups excluding carboxylic acids is 1. The lowest BCUT2D eigenvalue weighted by atomic mass is 9.91. The molecular weight excluding hydrogens is 321 g/mol. The van der Waals surface area contributed by atoms with E-state index in [0.717, 1.165) is 51.2 Å². The van der Waals surface area contributed by atoms with Gasteiger partial charge in [0, 0.05) is 37.6 Å². The van der Waals surface area contributed by atoms with E-state index in [4.69, 9.17) is 0 Å². The van der Waals surface area contributed by atoms with Crippen LogP contribution in [0.5, 0.6) is 0 Å². The standard InChI is InChI=1S/C16H31N3O.2ClH/c1-12(2)11-19-8-5-15(6-9-19)18-16(20)14-4-7-17-13(3)10-14;;/h12-15,17H,4-11H2,1-3H3,(H,18,20);2*1H/t13-,14-;;/m0../s1. The molecule has 2 fully saturated rings. The third-order valence-corrected chi connectivity index (χ3v) is 4.55. The van der Waals surface area contributed by atoms with Gasteiger partial charge < -0.3 is 15.5 Å². The van der Waals surface area contributed by atoms with E-state index in [2.05, 4.69) is 36.3 Å². The minimum Gasteiger partial charge on any atom is -0.353 e. The van der Waals surface area contributed by atoms with Crippen LogP contribution in [0.25, 0.3) is 0 Å². The first-order valence-corrected chi connectivity index (χ1v) is 8.30. The molecule has 0 aromatic heterocycles. The fourth-order valence-corrected chi connectivity index (χ4v) is 3.47. The Balaban J connectivity index is 0.00000220. The summed E-state index contributed by atoms with van der Waals surface area (Å²) >= 11 is 0. The normalized spacial score (nSPS) is 26.9. The molecule has 4 nitrogen and oxygen atoms in total. The monoisotopic (exact) mass is 353 g/mol. The number of carbonyl (C=O) groups is 1.